The number of esters is 1. The summed E-state index contributed by atoms with van der Waals surface area (Å²) in [6, 6.07) is 6.92. The highest BCUT2D eigenvalue weighted by atomic mass is 35.5. The van der Waals surface area contributed by atoms with E-state index in [4.69, 9.17) is 21.1 Å². The van der Waals surface area contributed by atoms with Crippen molar-refractivity contribution >= 4 is 35.2 Å². The molecule has 1 aromatic heterocycles. The second kappa shape index (κ2) is 9.23. The molecule has 7 nitrogen and oxygen atoms in total. The van der Waals surface area contributed by atoms with E-state index in [1.807, 2.05) is 6.92 Å². The molecule has 1 atom stereocenters. The van der Waals surface area contributed by atoms with Crippen LogP contribution in [0.4, 0.5) is 5.69 Å². The fraction of sp³-hybridized carbons (Fsp3) is 0.316. The maximum absolute atomic E-state index is 12.2. The van der Waals surface area contributed by atoms with Gasteiger partial charge in [-0.1, -0.05) is 11.6 Å². The van der Waals surface area contributed by atoms with E-state index in [2.05, 4.69) is 10.4 Å². The first-order chi connectivity index (χ1) is 12.8. The number of nitrogens with one attached hydrogen (secondary N) is 1. The molecule has 0 bridgehead atoms. The van der Waals surface area contributed by atoms with Crippen LogP contribution in [0, 0.1) is 6.92 Å². The van der Waals surface area contributed by atoms with Crippen molar-refractivity contribution in [2.45, 2.75) is 26.9 Å². The predicted molar refractivity (Wildman–Crippen MR) is 104 cm³/mol. The van der Waals surface area contributed by atoms with Crippen LogP contribution in [-0.4, -0.2) is 34.4 Å². The molecule has 1 aromatic carbocycles. The lowest BCUT2D eigenvalue weighted by Crippen LogP contribution is -2.29. The topological polar surface area (TPSA) is 82.4 Å². The molecule has 0 aliphatic heterocycles. The number of carbonyl (C=O) groups is 2. The van der Waals surface area contributed by atoms with Crippen LogP contribution in [0.1, 0.15) is 25.1 Å². The number of aromatic nitrogens is 2. The Morgan fingerprint density at radius 1 is 1.33 bits per heavy atom. The lowest BCUT2D eigenvalue weighted by Gasteiger charge is -2.12. The van der Waals surface area contributed by atoms with Crippen LogP contribution in [0.3, 0.4) is 0 Å². The number of nitrogens with zero attached hydrogens (tertiary/aromatic N) is 2. The number of anilines is 1. The van der Waals surface area contributed by atoms with E-state index < -0.39 is 18.0 Å². The van der Waals surface area contributed by atoms with Crippen LogP contribution in [0.15, 0.2) is 30.3 Å². The summed E-state index contributed by atoms with van der Waals surface area (Å²) >= 11 is 6.10. The van der Waals surface area contributed by atoms with E-state index in [1.165, 1.54) is 23.8 Å². The Morgan fingerprint density at radius 2 is 2.00 bits per heavy atom. The standard InChI is InChI=1S/C19H22ClN3O4/c1-5-26-15-8-6-14(7-9-15)21-19(25)13(3)27-17(24)11-10-16-12(2)22-23(4)18(16)20/h6-11,13H,5H2,1-4H3,(H,21,25)/b11-10+. The summed E-state index contributed by atoms with van der Waals surface area (Å²) in [5.74, 6) is -0.371. The molecule has 1 N–H and O–H groups in total. The summed E-state index contributed by atoms with van der Waals surface area (Å²) in [6.45, 7) is 5.74. The molecule has 2 aromatic rings. The summed E-state index contributed by atoms with van der Waals surface area (Å²) in [6.07, 6.45) is 1.78. The van der Waals surface area contributed by atoms with Crippen molar-refractivity contribution in [1.82, 2.24) is 9.78 Å². The first kappa shape index (κ1) is 20.5. The van der Waals surface area contributed by atoms with Gasteiger partial charge < -0.3 is 14.8 Å². The highest BCUT2D eigenvalue weighted by molar-refractivity contribution is 6.31. The second-order valence-electron chi connectivity index (χ2n) is 5.77. The largest absolute Gasteiger partial charge is 0.494 e. The summed E-state index contributed by atoms with van der Waals surface area (Å²) in [7, 11) is 1.71. The van der Waals surface area contributed by atoms with E-state index in [0.717, 1.165) is 0 Å². The summed E-state index contributed by atoms with van der Waals surface area (Å²) in [5, 5.41) is 7.25. The molecule has 8 heteroatoms. The molecule has 0 saturated heterocycles. The van der Waals surface area contributed by atoms with E-state index in [0.29, 0.717) is 34.5 Å². The van der Waals surface area contributed by atoms with Crippen LogP contribution in [-0.2, 0) is 21.4 Å². The van der Waals surface area contributed by atoms with Gasteiger partial charge in [0.1, 0.15) is 10.9 Å². The first-order valence-corrected chi connectivity index (χ1v) is 8.81. The number of amides is 1. The summed E-state index contributed by atoms with van der Waals surface area (Å²) < 4.78 is 12.0. The van der Waals surface area contributed by atoms with Gasteiger partial charge in [0.05, 0.1) is 12.3 Å². The van der Waals surface area contributed by atoms with Gasteiger partial charge >= 0.3 is 5.97 Å². The Bertz CT molecular complexity index is 843. The first-order valence-electron chi connectivity index (χ1n) is 8.43. The third-order valence-corrected chi connectivity index (χ3v) is 4.13. The van der Waals surface area contributed by atoms with Crippen molar-refractivity contribution < 1.29 is 19.1 Å². The molecule has 0 spiro atoms. The zero-order chi connectivity index (χ0) is 20.0. The number of rotatable bonds is 7. The minimum absolute atomic E-state index is 0.415. The second-order valence-corrected chi connectivity index (χ2v) is 6.13. The summed E-state index contributed by atoms with van der Waals surface area (Å²) in [4.78, 5) is 24.1. The minimum Gasteiger partial charge on any atom is -0.494 e. The van der Waals surface area contributed by atoms with Gasteiger partial charge in [0.15, 0.2) is 6.10 Å². The third kappa shape index (κ3) is 5.59. The van der Waals surface area contributed by atoms with Crippen LogP contribution in [0.5, 0.6) is 5.75 Å². The molecular weight excluding hydrogens is 370 g/mol. The number of hydrogen-bond acceptors (Lipinski definition) is 5. The van der Waals surface area contributed by atoms with Gasteiger partial charge in [-0.05, 0) is 51.1 Å². The van der Waals surface area contributed by atoms with Crippen molar-refractivity contribution in [3.8, 4) is 5.75 Å². The number of benzene rings is 1. The quantitative estimate of drug-likeness (QED) is 0.578. The molecule has 0 fully saturated rings. The lowest BCUT2D eigenvalue weighted by molar-refractivity contribution is -0.148. The number of hydrogen-bond donors (Lipinski definition) is 1. The van der Waals surface area contributed by atoms with Crippen molar-refractivity contribution in [2.24, 2.45) is 7.05 Å². The fourth-order valence-corrected chi connectivity index (χ4v) is 2.54. The molecule has 1 amide bonds. The van der Waals surface area contributed by atoms with Gasteiger partial charge in [-0.3, -0.25) is 9.48 Å². The average Bonchev–Trinajstić information content (AvgIpc) is 2.87. The van der Waals surface area contributed by atoms with Gasteiger partial charge in [-0.15, -0.1) is 0 Å². The third-order valence-electron chi connectivity index (χ3n) is 3.68. The van der Waals surface area contributed by atoms with Crippen LogP contribution in [0.2, 0.25) is 5.15 Å². The molecule has 144 valence electrons. The van der Waals surface area contributed by atoms with Crippen molar-refractivity contribution in [2.75, 3.05) is 11.9 Å². The molecule has 0 aliphatic rings. The number of halogens is 1. The Balaban J connectivity index is 1.91. The van der Waals surface area contributed by atoms with E-state index in [-0.39, 0.29) is 0 Å². The van der Waals surface area contributed by atoms with E-state index in [1.54, 1.807) is 38.2 Å². The maximum atomic E-state index is 12.2. The van der Waals surface area contributed by atoms with Crippen LogP contribution < -0.4 is 10.1 Å². The van der Waals surface area contributed by atoms with Crippen molar-refractivity contribution in [1.29, 1.82) is 0 Å². The predicted octanol–water partition coefficient (Wildman–Crippen LogP) is 3.36. The minimum atomic E-state index is -0.959. The molecular formula is C19H22ClN3O4. The van der Waals surface area contributed by atoms with E-state index >= 15 is 0 Å². The lowest BCUT2D eigenvalue weighted by atomic mass is 10.2. The smallest absolute Gasteiger partial charge is 0.331 e. The number of ether oxygens (including phenoxy) is 2. The van der Waals surface area contributed by atoms with Gasteiger partial charge in [0.25, 0.3) is 5.91 Å². The highest BCUT2D eigenvalue weighted by Crippen LogP contribution is 2.20. The molecule has 1 unspecified atom stereocenters. The number of carbonyl (C=O) groups excluding carboxylic acids is 2. The molecule has 0 saturated carbocycles. The molecule has 0 aliphatic carbocycles. The highest BCUT2D eigenvalue weighted by Gasteiger charge is 2.17. The molecule has 27 heavy (non-hydrogen) atoms. The van der Waals surface area contributed by atoms with Crippen LogP contribution in [0.25, 0.3) is 6.08 Å². The van der Waals surface area contributed by atoms with Gasteiger partial charge in [-0.2, -0.15) is 5.10 Å². The Kier molecular flexibility index (Phi) is 7.01. The monoisotopic (exact) mass is 391 g/mol. The maximum Gasteiger partial charge on any atom is 0.331 e. The molecule has 2 rings (SSSR count). The Labute approximate surface area is 162 Å². The number of aryl methyl sites for hydroxylation is 2. The van der Waals surface area contributed by atoms with E-state index in [9.17, 15) is 9.59 Å². The zero-order valence-corrected chi connectivity index (χ0v) is 16.4. The van der Waals surface area contributed by atoms with Gasteiger partial charge in [-0.25, -0.2) is 4.79 Å². The fourth-order valence-electron chi connectivity index (χ4n) is 2.30. The summed E-state index contributed by atoms with van der Waals surface area (Å²) in [5.41, 5.74) is 1.90. The normalized spacial score (nSPS) is 12.0. The molecule has 0 radical (unpaired) electrons. The van der Waals surface area contributed by atoms with Gasteiger partial charge in [0.2, 0.25) is 0 Å². The molecule has 1 heterocycles. The zero-order valence-electron chi connectivity index (χ0n) is 15.7. The van der Waals surface area contributed by atoms with Crippen molar-refractivity contribution in [3.05, 3.63) is 46.8 Å². The Morgan fingerprint density at radius 3 is 2.56 bits per heavy atom. The van der Waals surface area contributed by atoms with Crippen molar-refractivity contribution in [3.63, 3.8) is 0 Å². The SMILES string of the molecule is CCOc1ccc(NC(=O)C(C)OC(=O)/C=C/c2c(C)nn(C)c2Cl)cc1. The van der Waals surface area contributed by atoms with Gasteiger partial charge in [0, 0.05) is 24.4 Å². The van der Waals surface area contributed by atoms with Crippen LogP contribution >= 0.6 is 11.6 Å². The Hall–Kier alpha value is -2.80. The average molecular weight is 392 g/mol.